The van der Waals surface area contributed by atoms with Crippen molar-refractivity contribution in [1.82, 2.24) is 4.90 Å². The molecule has 2 saturated heterocycles. The Bertz CT molecular complexity index is 317. The van der Waals surface area contributed by atoms with Gasteiger partial charge in [0.25, 0.3) is 0 Å². The Labute approximate surface area is 105 Å². The Morgan fingerprint density at radius 3 is 2.76 bits per heavy atom. The molecule has 0 aromatic carbocycles. The highest BCUT2D eigenvalue weighted by atomic mass is 16.5. The van der Waals surface area contributed by atoms with Gasteiger partial charge in [0, 0.05) is 36.1 Å². The summed E-state index contributed by atoms with van der Waals surface area (Å²) in [6.07, 6.45) is 4.24. The van der Waals surface area contributed by atoms with E-state index >= 15 is 0 Å². The van der Waals surface area contributed by atoms with E-state index in [0.717, 1.165) is 19.6 Å². The largest absolute Gasteiger partial charge is 0.377 e. The van der Waals surface area contributed by atoms with Gasteiger partial charge in [0.15, 0.2) is 0 Å². The molecule has 3 fully saturated rings. The van der Waals surface area contributed by atoms with Gasteiger partial charge in [0.2, 0.25) is 0 Å². The molecule has 4 atom stereocenters. The minimum Gasteiger partial charge on any atom is -0.377 e. The molecule has 98 valence electrons. The zero-order chi connectivity index (χ0) is 12.3. The van der Waals surface area contributed by atoms with Crippen molar-refractivity contribution >= 4 is 0 Å². The van der Waals surface area contributed by atoms with Crippen LogP contribution >= 0.6 is 0 Å². The monoisotopic (exact) mass is 238 g/mol. The maximum atomic E-state index is 6.79. The number of hydrogen-bond acceptors (Lipinski definition) is 3. The molecule has 0 aromatic rings. The van der Waals surface area contributed by atoms with Crippen molar-refractivity contribution in [2.24, 2.45) is 17.1 Å². The van der Waals surface area contributed by atoms with Crippen LogP contribution in [-0.4, -0.2) is 42.3 Å². The van der Waals surface area contributed by atoms with E-state index in [0.29, 0.717) is 18.1 Å². The van der Waals surface area contributed by atoms with Crippen molar-refractivity contribution in [3.05, 3.63) is 0 Å². The van der Waals surface area contributed by atoms with Crippen molar-refractivity contribution < 1.29 is 4.74 Å². The topological polar surface area (TPSA) is 38.5 Å². The predicted molar refractivity (Wildman–Crippen MR) is 68.8 cm³/mol. The summed E-state index contributed by atoms with van der Waals surface area (Å²) in [7, 11) is 0. The molecular formula is C14H26N2O. The lowest BCUT2D eigenvalue weighted by molar-refractivity contribution is -0.163. The van der Waals surface area contributed by atoms with Crippen LogP contribution in [0.5, 0.6) is 0 Å². The second-order valence-electron chi connectivity index (χ2n) is 6.91. The molecule has 4 unspecified atom stereocenters. The second kappa shape index (κ2) is 3.69. The molecule has 0 spiro atoms. The lowest BCUT2D eigenvalue weighted by Gasteiger charge is -2.63. The Balaban J connectivity index is 1.76. The lowest BCUT2D eigenvalue weighted by Crippen LogP contribution is -2.78. The molecule has 3 heteroatoms. The van der Waals surface area contributed by atoms with Gasteiger partial charge in [-0.15, -0.1) is 0 Å². The summed E-state index contributed by atoms with van der Waals surface area (Å²) in [6, 6.07) is 0.715. The first kappa shape index (κ1) is 11.9. The fourth-order valence-corrected chi connectivity index (χ4v) is 4.36. The van der Waals surface area contributed by atoms with Crippen LogP contribution in [0.2, 0.25) is 0 Å². The average molecular weight is 238 g/mol. The standard InChI is InChI=1S/C14H26N2O/c1-10-5-4-7-16(10)9-14(15)11-6-8-17-12(11)13(14,2)3/h10-12H,4-9,15H2,1-3H3. The van der Waals surface area contributed by atoms with Gasteiger partial charge in [-0.05, 0) is 32.7 Å². The fraction of sp³-hybridized carbons (Fsp3) is 1.00. The molecule has 1 saturated carbocycles. The minimum atomic E-state index is -0.0350. The summed E-state index contributed by atoms with van der Waals surface area (Å²) >= 11 is 0. The Kier molecular flexibility index (Phi) is 2.59. The van der Waals surface area contributed by atoms with Gasteiger partial charge in [0.1, 0.15) is 0 Å². The maximum absolute atomic E-state index is 6.79. The van der Waals surface area contributed by atoms with Gasteiger partial charge < -0.3 is 10.5 Å². The highest BCUT2D eigenvalue weighted by molar-refractivity contribution is 5.21. The number of likely N-dealkylation sites (tertiary alicyclic amines) is 1. The zero-order valence-electron chi connectivity index (χ0n) is 11.4. The van der Waals surface area contributed by atoms with Crippen LogP contribution in [0.4, 0.5) is 0 Å². The molecule has 3 nitrogen and oxygen atoms in total. The van der Waals surface area contributed by atoms with Gasteiger partial charge in [-0.3, -0.25) is 4.90 Å². The van der Waals surface area contributed by atoms with Crippen molar-refractivity contribution in [3.63, 3.8) is 0 Å². The summed E-state index contributed by atoms with van der Waals surface area (Å²) < 4.78 is 5.86. The van der Waals surface area contributed by atoms with Crippen LogP contribution in [0.15, 0.2) is 0 Å². The normalized spacial score (nSPS) is 49.1. The third-order valence-corrected chi connectivity index (χ3v) is 5.82. The minimum absolute atomic E-state index is 0.0350. The third kappa shape index (κ3) is 1.45. The second-order valence-corrected chi connectivity index (χ2v) is 6.91. The highest BCUT2D eigenvalue weighted by Crippen LogP contribution is 2.58. The summed E-state index contributed by atoms with van der Waals surface area (Å²) in [6.45, 7) is 10.1. The number of rotatable bonds is 2. The smallest absolute Gasteiger partial charge is 0.0691 e. The van der Waals surface area contributed by atoms with Crippen LogP contribution in [0.1, 0.15) is 40.0 Å². The summed E-state index contributed by atoms with van der Waals surface area (Å²) in [5, 5.41) is 0. The SMILES string of the molecule is CC1CCCN1CC1(N)C2CCOC2C1(C)C. The van der Waals surface area contributed by atoms with E-state index in [1.807, 2.05) is 0 Å². The summed E-state index contributed by atoms with van der Waals surface area (Å²) in [4.78, 5) is 2.59. The summed E-state index contributed by atoms with van der Waals surface area (Å²) in [5.41, 5.74) is 6.89. The van der Waals surface area contributed by atoms with Crippen molar-refractivity contribution in [2.45, 2.75) is 57.7 Å². The van der Waals surface area contributed by atoms with E-state index in [1.54, 1.807) is 0 Å². The quantitative estimate of drug-likeness (QED) is 0.794. The van der Waals surface area contributed by atoms with E-state index in [-0.39, 0.29) is 11.0 Å². The van der Waals surface area contributed by atoms with Crippen LogP contribution in [0, 0.1) is 11.3 Å². The highest BCUT2D eigenvalue weighted by Gasteiger charge is 2.67. The fourth-order valence-electron chi connectivity index (χ4n) is 4.36. The Hall–Kier alpha value is -0.120. The zero-order valence-corrected chi connectivity index (χ0v) is 11.4. The van der Waals surface area contributed by atoms with Crippen LogP contribution in [0.25, 0.3) is 0 Å². The van der Waals surface area contributed by atoms with Gasteiger partial charge >= 0.3 is 0 Å². The number of nitrogens with zero attached hydrogens (tertiary/aromatic N) is 1. The molecule has 0 amide bonds. The van der Waals surface area contributed by atoms with Crippen LogP contribution in [0.3, 0.4) is 0 Å². The Morgan fingerprint density at radius 1 is 1.35 bits per heavy atom. The van der Waals surface area contributed by atoms with E-state index in [1.165, 1.54) is 19.4 Å². The predicted octanol–water partition coefficient (Wildman–Crippen LogP) is 1.61. The molecule has 2 heterocycles. The van der Waals surface area contributed by atoms with E-state index in [9.17, 15) is 0 Å². The van der Waals surface area contributed by atoms with Gasteiger partial charge in [-0.25, -0.2) is 0 Å². The molecule has 17 heavy (non-hydrogen) atoms. The Morgan fingerprint density at radius 2 is 2.12 bits per heavy atom. The molecular weight excluding hydrogens is 212 g/mol. The van der Waals surface area contributed by atoms with Crippen molar-refractivity contribution in [3.8, 4) is 0 Å². The maximum Gasteiger partial charge on any atom is 0.0691 e. The number of ether oxygens (including phenoxy) is 1. The molecule has 0 aromatic heterocycles. The van der Waals surface area contributed by atoms with Gasteiger partial charge in [-0.2, -0.15) is 0 Å². The van der Waals surface area contributed by atoms with Gasteiger partial charge in [-0.1, -0.05) is 13.8 Å². The van der Waals surface area contributed by atoms with Gasteiger partial charge in [0.05, 0.1) is 6.10 Å². The van der Waals surface area contributed by atoms with Crippen LogP contribution in [-0.2, 0) is 4.74 Å². The number of nitrogens with two attached hydrogens (primary N) is 1. The first-order chi connectivity index (χ1) is 7.97. The van der Waals surface area contributed by atoms with E-state index in [2.05, 4.69) is 25.7 Å². The first-order valence-electron chi connectivity index (χ1n) is 7.11. The number of fused-ring (bicyclic) bond motifs is 1. The van der Waals surface area contributed by atoms with Crippen molar-refractivity contribution in [1.29, 1.82) is 0 Å². The lowest BCUT2D eigenvalue weighted by atomic mass is 9.48. The third-order valence-electron chi connectivity index (χ3n) is 5.82. The average Bonchev–Trinajstić information content (AvgIpc) is 2.87. The number of hydrogen-bond donors (Lipinski definition) is 1. The molecule has 3 rings (SSSR count). The van der Waals surface area contributed by atoms with E-state index in [4.69, 9.17) is 10.5 Å². The molecule has 2 N–H and O–H groups in total. The van der Waals surface area contributed by atoms with E-state index < -0.39 is 0 Å². The molecule has 2 aliphatic heterocycles. The first-order valence-corrected chi connectivity index (χ1v) is 7.11. The molecule has 1 aliphatic carbocycles. The molecule has 3 aliphatic rings. The summed E-state index contributed by atoms with van der Waals surface area (Å²) in [5.74, 6) is 0.588. The molecule has 0 radical (unpaired) electrons. The van der Waals surface area contributed by atoms with Crippen molar-refractivity contribution in [2.75, 3.05) is 19.7 Å². The molecule has 0 bridgehead atoms. The van der Waals surface area contributed by atoms with Crippen LogP contribution < -0.4 is 5.73 Å².